The molecule has 1 unspecified atom stereocenters. The molecule has 2 rings (SSSR count). The van der Waals surface area contributed by atoms with Gasteiger partial charge in [-0.1, -0.05) is 6.92 Å². The number of hydrogen-bond donors (Lipinski definition) is 1. The molecule has 0 spiro atoms. The zero-order valence-electron chi connectivity index (χ0n) is 12.9. The van der Waals surface area contributed by atoms with E-state index in [9.17, 15) is 0 Å². The van der Waals surface area contributed by atoms with E-state index in [1.54, 1.807) is 7.11 Å². The third kappa shape index (κ3) is 3.87. The Morgan fingerprint density at radius 3 is 2.90 bits per heavy atom. The van der Waals surface area contributed by atoms with Gasteiger partial charge in [-0.15, -0.1) is 0 Å². The van der Waals surface area contributed by atoms with Crippen LogP contribution in [0.15, 0.2) is 18.2 Å². The molecule has 20 heavy (non-hydrogen) atoms. The quantitative estimate of drug-likeness (QED) is 0.809. The van der Waals surface area contributed by atoms with Crippen LogP contribution in [0, 0.1) is 0 Å². The molecule has 4 nitrogen and oxygen atoms in total. The van der Waals surface area contributed by atoms with Gasteiger partial charge in [-0.05, 0) is 50.7 Å². The summed E-state index contributed by atoms with van der Waals surface area (Å²) in [5.41, 5.74) is 7.89. The van der Waals surface area contributed by atoms with Crippen LogP contribution in [0.4, 0.5) is 5.69 Å². The second kappa shape index (κ2) is 6.95. The van der Waals surface area contributed by atoms with E-state index in [1.165, 1.54) is 24.9 Å². The maximum atomic E-state index is 5.91. The Bertz CT molecular complexity index is 436. The van der Waals surface area contributed by atoms with Crippen molar-refractivity contribution in [2.75, 3.05) is 39.5 Å². The number of ether oxygens (including phenoxy) is 1. The summed E-state index contributed by atoms with van der Waals surface area (Å²) in [4.78, 5) is 4.96. The molecular formula is C16H27N3O. The van der Waals surface area contributed by atoms with Crippen LogP contribution in [0.1, 0.15) is 25.3 Å². The molecule has 2 N–H and O–H groups in total. The molecule has 4 heteroatoms. The highest BCUT2D eigenvalue weighted by molar-refractivity contribution is 5.47. The molecule has 1 aliphatic heterocycles. The summed E-state index contributed by atoms with van der Waals surface area (Å²) in [7, 11) is 3.86. The Morgan fingerprint density at radius 2 is 2.20 bits per heavy atom. The summed E-state index contributed by atoms with van der Waals surface area (Å²) in [6.45, 7) is 6.69. The molecule has 0 saturated carbocycles. The average molecular weight is 277 g/mol. The number of nitrogens with two attached hydrogens (primary N) is 1. The van der Waals surface area contributed by atoms with Crippen molar-refractivity contribution in [1.82, 2.24) is 9.80 Å². The van der Waals surface area contributed by atoms with Crippen molar-refractivity contribution in [2.24, 2.45) is 0 Å². The van der Waals surface area contributed by atoms with Crippen LogP contribution in [0.25, 0.3) is 0 Å². The standard InChI is InChI=1S/C16H27N3O/c1-4-19-7-5-6-15(19)12-18(2)11-13-8-14(17)10-16(9-13)20-3/h8-10,15H,4-7,11-12,17H2,1-3H3. The Labute approximate surface area is 122 Å². The van der Waals surface area contributed by atoms with Crippen molar-refractivity contribution in [2.45, 2.75) is 32.4 Å². The molecule has 0 radical (unpaired) electrons. The zero-order valence-corrected chi connectivity index (χ0v) is 12.9. The fourth-order valence-electron chi connectivity index (χ4n) is 3.15. The second-order valence-electron chi connectivity index (χ2n) is 5.74. The van der Waals surface area contributed by atoms with Gasteiger partial charge in [-0.2, -0.15) is 0 Å². The molecular weight excluding hydrogens is 250 g/mol. The molecule has 1 saturated heterocycles. The fourth-order valence-corrected chi connectivity index (χ4v) is 3.15. The molecule has 1 heterocycles. The van der Waals surface area contributed by atoms with E-state index >= 15 is 0 Å². The zero-order chi connectivity index (χ0) is 14.5. The van der Waals surface area contributed by atoms with Crippen molar-refractivity contribution in [1.29, 1.82) is 0 Å². The monoisotopic (exact) mass is 277 g/mol. The van der Waals surface area contributed by atoms with E-state index in [1.807, 2.05) is 12.1 Å². The van der Waals surface area contributed by atoms with Gasteiger partial charge in [0.25, 0.3) is 0 Å². The van der Waals surface area contributed by atoms with Crippen LogP contribution in [-0.2, 0) is 6.54 Å². The summed E-state index contributed by atoms with van der Waals surface area (Å²) >= 11 is 0. The van der Waals surface area contributed by atoms with Crippen LogP contribution in [0.2, 0.25) is 0 Å². The summed E-state index contributed by atoms with van der Waals surface area (Å²) in [5, 5.41) is 0. The van der Waals surface area contributed by atoms with Gasteiger partial charge < -0.3 is 15.4 Å². The Balaban J connectivity index is 1.94. The fraction of sp³-hybridized carbons (Fsp3) is 0.625. The summed E-state index contributed by atoms with van der Waals surface area (Å²) in [6.07, 6.45) is 2.65. The highest BCUT2D eigenvalue weighted by Gasteiger charge is 2.23. The maximum Gasteiger partial charge on any atom is 0.121 e. The molecule has 1 fully saturated rings. The lowest BCUT2D eigenvalue weighted by molar-refractivity contribution is 0.194. The molecule has 0 amide bonds. The molecule has 112 valence electrons. The van der Waals surface area contributed by atoms with E-state index in [0.717, 1.165) is 31.1 Å². The number of anilines is 1. The third-order valence-electron chi connectivity index (χ3n) is 4.10. The average Bonchev–Trinajstić information content (AvgIpc) is 2.84. The smallest absolute Gasteiger partial charge is 0.121 e. The minimum atomic E-state index is 0.702. The first-order chi connectivity index (χ1) is 9.62. The minimum Gasteiger partial charge on any atom is -0.497 e. The second-order valence-corrected chi connectivity index (χ2v) is 5.74. The Morgan fingerprint density at radius 1 is 1.40 bits per heavy atom. The number of hydrogen-bond acceptors (Lipinski definition) is 4. The number of benzene rings is 1. The van der Waals surface area contributed by atoms with Crippen molar-refractivity contribution in [3.05, 3.63) is 23.8 Å². The molecule has 1 aromatic rings. The summed E-state index contributed by atoms with van der Waals surface area (Å²) < 4.78 is 5.28. The predicted molar refractivity (Wildman–Crippen MR) is 84.0 cm³/mol. The SMILES string of the molecule is CCN1CCCC1CN(C)Cc1cc(N)cc(OC)c1. The number of nitrogens with zero attached hydrogens (tertiary/aromatic N) is 2. The first-order valence-corrected chi connectivity index (χ1v) is 7.48. The van der Waals surface area contributed by atoms with E-state index in [0.29, 0.717) is 6.04 Å². The molecule has 1 aromatic carbocycles. The molecule has 0 bridgehead atoms. The highest BCUT2D eigenvalue weighted by atomic mass is 16.5. The van der Waals surface area contributed by atoms with E-state index < -0.39 is 0 Å². The topological polar surface area (TPSA) is 41.7 Å². The van der Waals surface area contributed by atoms with Gasteiger partial charge in [0.15, 0.2) is 0 Å². The molecule has 0 aliphatic carbocycles. The lowest BCUT2D eigenvalue weighted by Crippen LogP contribution is -2.38. The van der Waals surface area contributed by atoms with Crippen LogP contribution in [0.5, 0.6) is 5.75 Å². The van der Waals surface area contributed by atoms with Crippen molar-refractivity contribution in [3.8, 4) is 5.75 Å². The van der Waals surface area contributed by atoms with E-state index in [2.05, 4.69) is 29.8 Å². The lowest BCUT2D eigenvalue weighted by atomic mass is 10.1. The van der Waals surface area contributed by atoms with Gasteiger partial charge in [0, 0.05) is 30.9 Å². The number of likely N-dealkylation sites (tertiary alicyclic amines) is 1. The normalized spacial score (nSPS) is 19.7. The third-order valence-corrected chi connectivity index (χ3v) is 4.10. The van der Waals surface area contributed by atoms with Crippen LogP contribution < -0.4 is 10.5 Å². The van der Waals surface area contributed by atoms with E-state index in [-0.39, 0.29) is 0 Å². The van der Waals surface area contributed by atoms with Gasteiger partial charge in [-0.25, -0.2) is 0 Å². The van der Waals surface area contributed by atoms with Gasteiger partial charge in [0.05, 0.1) is 7.11 Å². The first-order valence-electron chi connectivity index (χ1n) is 7.48. The highest BCUT2D eigenvalue weighted by Crippen LogP contribution is 2.21. The number of methoxy groups -OCH3 is 1. The Hall–Kier alpha value is -1.26. The summed E-state index contributed by atoms with van der Waals surface area (Å²) in [5.74, 6) is 0.837. The van der Waals surface area contributed by atoms with Gasteiger partial charge >= 0.3 is 0 Å². The molecule has 0 aromatic heterocycles. The first kappa shape index (κ1) is 15.1. The van der Waals surface area contributed by atoms with Gasteiger partial charge in [0.1, 0.15) is 5.75 Å². The van der Waals surface area contributed by atoms with Crippen molar-refractivity contribution in [3.63, 3.8) is 0 Å². The maximum absolute atomic E-state index is 5.91. The van der Waals surface area contributed by atoms with Crippen molar-refractivity contribution >= 4 is 5.69 Å². The number of likely N-dealkylation sites (N-methyl/N-ethyl adjacent to an activating group) is 2. The largest absolute Gasteiger partial charge is 0.497 e. The van der Waals surface area contributed by atoms with Crippen LogP contribution in [-0.4, -0.2) is 49.6 Å². The lowest BCUT2D eigenvalue weighted by Gasteiger charge is -2.27. The van der Waals surface area contributed by atoms with Crippen LogP contribution >= 0.6 is 0 Å². The predicted octanol–water partition coefficient (Wildman–Crippen LogP) is 2.19. The van der Waals surface area contributed by atoms with Crippen LogP contribution in [0.3, 0.4) is 0 Å². The number of nitrogen functional groups attached to an aromatic ring is 1. The van der Waals surface area contributed by atoms with E-state index in [4.69, 9.17) is 10.5 Å². The number of rotatable bonds is 6. The Kier molecular flexibility index (Phi) is 5.26. The molecule has 1 atom stereocenters. The minimum absolute atomic E-state index is 0.702. The summed E-state index contributed by atoms with van der Waals surface area (Å²) in [6, 6.07) is 6.66. The molecule has 1 aliphatic rings. The van der Waals surface area contributed by atoms with Gasteiger partial charge in [0.2, 0.25) is 0 Å². The van der Waals surface area contributed by atoms with Crippen molar-refractivity contribution < 1.29 is 4.74 Å². The van der Waals surface area contributed by atoms with Gasteiger partial charge in [-0.3, -0.25) is 4.90 Å².